The molecule has 1 aromatic carbocycles. The lowest BCUT2D eigenvalue weighted by atomic mass is 10.1. The Balaban J connectivity index is 1.11. The lowest BCUT2D eigenvalue weighted by Crippen LogP contribution is -2.41. The van der Waals surface area contributed by atoms with Gasteiger partial charge in [-0.05, 0) is 49.9 Å². The highest BCUT2D eigenvalue weighted by Gasteiger charge is 2.29. The van der Waals surface area contributed by atoms with Crippen LogP contribution in [0.3, 0.4) is 0 Å². The molecule has 11 heteroatoms. The molecule has 200 valence electrons. The smallest absolute Gasteiger partial charge is 0.251 e. The van der Waals surface area contributed by atoms with E-state index in [1.807, 2.05) is 30.5 Å². The standard InChI is InChI=1S/C27H32N6O4S/c1-2-37-21-9-11-32(12-10-21)15-18-3-5-20(6-4-18)28-26(35)14-22-13-19(17-38-22)23-16-33(31-30-23)24-7-8-25(34)29-27(24)36/h3-6,13,16-17,21,24H,2,7-12,14-15H2,1H3,(H,28,35)(H,29,34,36). The van der Waals surface area contributed by atoms with Crippen LogP contribution >= 0.6 is 11.3 Å². The van der Waals surface area contributed by atoms with Crippen LogP contribution < -0.4 is 10.6 Å². The normalized spacial score (nSPS) is 18.9. The summed E-state index contributed by atoms with van der Waals surface area (Å²) in [7, 11) is 0. The molecule has 2 fully saturated rings. The van der Waals surface area contributed by atoms with Gasteiger partial charge in [-0.2, -0.15) is 0 Å². The third-order valence-electron chi connectivity index (χ3n) is 6.90. The van der Waals surface area contributed by atoms with Crippen molar-refractivity contribution in [3.63, 3.8) is 0 Å². The lowest BCUT2D eigenvalue weighted by Gasteiger charge is -2.31. The van der Waals surface area contributed by atoms with Gasteiger partial charge in [0.15, 0.2) is 0 Å². The Labute approximate surface area is 225 Å². The van der Waals surface area contributed by atoms with E-state index >= 15 is 0 Å². The Morgan fingerprint density at radius 3 is 2.71 bits per heavy atom. The van der Waals surface area contributed by atoms with Crippen molar-refractivity contribution in [2.75, 3.05) is 25.0 Å². The van der Waals surface area contributed by atoms with Crippen molar-refractivity contribution in [2.24, 2.45) is 0 Å². The van der Waals surface area contributed by atoms with E-state index < -0.39 is 6.04 Å². The van der Waals surface area contributed by atoms with E-state index in [4.69, 9.17) is 4.74 Å². The summed E-state index contributed by atoms with van der Waals surface area (Å²) in [5, 5.41) is 15.5. The van der Waals surface area contributed by atoms with Gasteiger partial charge in [-0.3, -0.25) is 24.6 Å². The number of imide groups is 1. The second-order valence-electron chi connectivity index (χ2n) is 9.71. The maximum Gasteiger partial charge on any atom is 0.251 e. The van der Waals surface area contributed by atoms with Crippen LogP contribution in [0.25, 0.3) is 11.3 Å². The van der Waals surface area contributed by atoms with Crippen molar-refractivity contribution in [1.82, 2.24) is 25.2 Å². The predicted octanol–water partition coefficient (Wildman–Crippen LogP) is 3.17. The SMILES string of the molecule is CCOC1CCN(Cc2ccc(NC(=O)Cc3cc(-c4cn(C5CCC(=O)NC5=O)nn4)cs3)cc2)CC1. The molecule has 4 heterocycles. The molecule has 2 saturated heterocycles. The monoisotopic (exact) mass is 536 g/mol. The molecule has 0 aliphatic carbocycles. The summed E-state index contributed by atoms with van der Waals surface area (Å²) < 4.78 is 7.23. The van der Waals surface area contributed by atoms with Crippen LogP contribution in [-0.2, 0) is 32.1 Å². The molecule has 3 aromatic rings. The van der Waals surface area contributed by atoms with E-state index in [0.29, 0.717) is 18.2 Å². The second kappa shape index (κ2) is 12.0. The largest absolute Gasteiger partial charge is 0.378 e. The van der Waals surface area contributed by atoms with Crippen molar-refractivity contribution in [3.05, 3.63) is 52.3 Å². The Kier molecular flexibility index (Phi) is 8.26. The minimum Gasteiger partial charge on any atom is -0.378 e. The zero-order valence-corrected chi connectivity index (χ0v) is 22.2. The van der Waals surface area contributed by atoms with Gasteiger partial charge in [0.25, 0.3) is 5.91 Å². The van der Waals surface area contributed by atoms with E-state index in [1.165, 1.54) is 21.6 Å². The number of hydrogen-bond donors (Lipinski definition) is 2. The van der Waals surface area contributed by atoms with Crippen LogP contribution in [-0.4, -0.2) is 63.4 Å². The molecule has 2 aromatic heterocycles. The second-order valence-corrected chi connectivity index (χ2v) is 10.7. The topological polar surface area (TPSA) is 118 Å². The fraction of sp³-hybridized carbons (Fsp3) is 0.444. The Morgan fingerprint density at radius 1 is 1.18 bits per heavy atom. The van der Waals surface area contributed by atoms with Gasteiger partial charge in [-0.15, -0.1) is 16.4 Å². The van der Waals surface area contributed by atoms with Gasteiger partial charge in [0.1, 0.15) is 11.7 Å². The molecule has 38 heavy (non-hydrogen) atoms. The van der Waals surface area contributed by atoms with Crippen LogP contribution in [0.1, 0.15) is 49.1 Å². The van der Waals surface area contributed by atoms with Crippen molar-refractivity contribution in [2.45, 2.75) is 57.7 Å². The number of carbonyl (C=O) groups is 3. The molecule has 10 nitrogen and oxygen atoms in total. The number of nitrogens with one attached hydrogen (secondary N) is 2. The number of amides is 3. The van der Waals surface area contributed by atoms with Crippen molar-refractivity contribution >= 4 is 34.7 Å². The molecule has 3 amide bonds. The number of likely N-dealkylation sites (tertiary alicyclic amines) is 1. The summed E-state index contributed by atoms with van der Waals surface area (Å²) in [6.45, 7) is 5.81. The zero-order valence-electron chi connectivity index (χ0n) is 21.4. The number of carbonyl (C=O) groups excluding carboxylic acids is 3. The number of ether oxygens (including phenoxy) is 1. The first-order chi connectivity index (χ1) is 18.5. The van der Waals surface area contributed by atoms with Crippen molar-refractivity contribution < 1.29 is 19.1 Å². The molecule has 2 aliphatic rings. The third-order valence-corrected chi connectivity index (χ3v) is 7.84. The van der Waals surface area contributed by atoms with Gasteiger partial charge in [0, 0.05) is 54.2 Å². The minimum absolute atomic E-state index is 0.0867. The van der Waals surface area contributed by atoms with Crippen LogP contribution in [0.15, 0.2) is 41.9 Å². The summed E-state index contributed by atoms with van der Waals surface area (Å²) in [6, 6.07) is 9.41. The van der Waals surface area contributed by atoms with Gasteiger partial charge >= 0.3 is 0 Å². The summed E-state index contributed by atoms with van der Waals surface area (Å²) in [6.07, 6.45) is 5.17. The summed E-state index contributed by atoms with van der Waals surface area (Å²) >= 11 is 1.48. The molecule has 1 unspecified atom stereocenters. The molecule has 0 radical (unpaired) electrons. The van der Waals surface area contributed by atoms with Crippen LogP contribution in [0.5, 0.6) is 0 Å². The van der Waals surface area contributed by atoms with Crippen LogP contribution in [0.4, 0.5) is 5.69 Å². The van der Waals surface area contributed by atoms with Crippen LogP contribution in [0, 0.1) is 0 Å². The average Bonchev–Trinajstić information content (AvgIpc) is 3.57. The number of aromatic nitrogens is 3. The Hall–Kier alpha value is -3.41. The molecule has 0 spiro atoms. The third kappa shape index (κ3) is 6.53. The van der Waals surface area contributed by atoms with E-state index in [0.717, 1.165) is 55.2 Å². The number of rotatable bonds is 9. The first-order valence-electron chi connectivity index (χ1n) is 13.0. The Morgan fingerprint density at radius 2 is 1.97 bits per heavy atom. The molecule has 5 rings (SSSR count). The zero-order chi connectivity index (χ0) is 26.5. The molecule has 1 atom stereocenters. The highest BCUT2D eigenvalue weighted by atomic mass is 32.1. The van der Waals surface area contributed by atoms with Gasteiger partial charge in [-0.25, -0.2) is 4.68 Å². The van der Waals surface area contributed by atoms with E-state index in [2.05, 4.69) is 38.0 Å². The summed E-state index contributed by atoms with van der Waals surface area (Å²) in [4.78, 5) is 39.5. The van der Waals surface area contributed by atoms with Gasteiger partial charge in [-0.1, -0.05) is 17.3 Å². The number of nitrogens with zero attached hydrogens (tertiary/aromatic N) is 4. The van der Waals surface area contributed by atoms with E-state index in [9.17, 15) is 14.4 Å². The lowest BCUT2D eigenvalue weighted by molar-refractivity contribution is -0.136. The summed E-state index contributed by atoms with van der Waals surface area (Å²) in [5.74, 6) is -0.719. The molecule has 0 bridgehead atoms. The van der Waals surface area contributed by atoms with E-state index in [-0.39, 0.29) is 30.6 Å². The minimum atomic E-state index is -0.545. The molecule has 0 saturated carbocycles. The Bertz CT molecular complexity index is 1280. The quantitative estimate of drug-likeness (QED) is 0.403. The first-order valence-corrected chi connectivity index (χ1v) is 13.9. The van der Waals surface area contributed by atoms with Gasteiger partial charge in [0.2, 0.25) is 11.8 Å². The summed E-state index contributed by atoms with van der Waals surface area (Å²) in [5.41, 5.74) is 3.46. The van der Waals surface area contributed by atoms with Gasteiger partial charge in [0.05, 0.1) is 18.7 Å². The number of benzene rings is 1. The fourth-order valence-electron chi connectivity index (χ4n) is 4.89. The maximum atomic E-state index is 12.7. The van der Waals surface area contributed by atoms with Crippen molar-refractivity contribution in [3.8, 4) is 11.3 Å². The fourth-order valence-corrected chi connectivity index (χ4v) is 5.76. The van der Waals surface area contributed by atoms with Crippen molar-refractivity contribution in [1.29, 1.82) is 0 Å². The number of thiophene rings is 1. The molecule has 2 N–H and O–H groups in total. The molecular weight excluding hydrogens is 504 g/mol. The first kappa shape index (κ1) is 26.2. The number of anilines is 1. The number of piperidine rings is 2. The van der Waals surface area contributed by atoms with E-state index in [1.54, 1.807) is 6.20 Å². The number of hydrogen-bond acceptors (Lipinski definition) is 8. The molecular formula is C27H32N6O4S. The van der Waals surface area contributed by atoms with Gasteiger partial charge < -0.3 is 10.1 Å². The highest BCUT2D eigenvalue weighted by Crippen LogP contribution is 2.26. The highest BCUT2D eigenvalue weighted by molar-refractivity contribution is 7.10. The predicted molar refractivity (Wildman–Crippen MR) is 143 cm³/mol. The molecule has 2 aliphatic heterocycles. The maximum absolute atomic E-state index is 12.7. The van der Waals surface area contributed by atoms with Crippen LogP contribution in [0.2, 0.25) is 0 Å². The average molecular weight is 537 g/mol.